The van der Waals surface area contributed by atoms with Gasteiger partial charge < -0.3 is 25.7 Å². The van der Waals surface area contributed by atoms with Crippen LogP contribution in [0.4, 0.5) is 5.69 Å². The number of nitrogens with zero attached hydrogens (tertiary/aromatic N) is 2. The predicted octanol–water partition coefficient (Wildman–Crippen LogP) is 7.84. The Balaban J connectivity index is 0.000000633. The van der Waals surface area contributed by atoms with E-state index in [0.717, 1.165) is 83.3 Å². The Morgan fingerprint density at radius 2 is 1.67 bits per heavy atom. The maximum atomic E-state index is 12.4. The number of hydroxylamine groups is 1. The Kier molecular flexibility index (Phi) is 19.0. The van der Waals surface area contributed by atoms with Crippen LogP contribution in [-0.4, -0.2) is 69.7 Å². The number of piperidine rings is 1. The Labute approximate surface area is 340 Å². The van der Waals surface area contributed by atoms with Crippen molar-refractivity contribution in [2.24, 2.45) is 16.1 Å². The van der Waals surface area contributed by atoms with E-state index in [2.05, 4.69) is 112 Å². The number of aromatic nitrogens is 1. The molecule has 1 aliphatic heterocycles. The van der Waals surface area contributed by atoms with Crippen LogP contribution in [0.25, 0.3) is 11.1 Å². The lowest BCUT2D eigenvalue weighted by atomic mass is 9.86. The molecule has 0 saturated carbocycles. The van der Waals surface area contributed by atoms with E-state index in [1.54, 1.807) is 14.1 Å². The Hall–Kier alpha value is -4.94. The first-order valence-electron chi connectivity index (χ1n) is 20.1. The molecule has 4 aromatic rings. The number of amides is 1. The molecule has 0 aliphatic carbocycles. The van der Waals surface area contributed by atoms with Crippen molar-refractivity contribution >= 4 is 29.9 Å². The number of carbonyl (C=O) groups is 2. The zero-order chi connectivity index (χ0) is 42.0. The second-order valence-corrected chi connectivity index (χ2v) is 15.0. The zero-order valence-corrected chi connectivity index (χ0v) is 35.5. The first kappa shape index (κ1) is 46.4. The number of likely N-dealkylation sites (N-methyl/N-ethyl adjacent to an activating group) is 1. The fourth-order valence-electron chi connectivity index (χ4n) is 7.11. The lowest BCUT2D eigenvalue weighted by Gasteiger charge is -2.34. The summed E-state index contributed by atoms with van der Waals surface area (Å²) >= 11 is 0. The molecule has 5 rings (SSSR count). The Morgan fingerprint density at radius 3 is 2.18 bits per heavy atom. The molecule has 1 fully saturated rings. The molecule has 0 spiro atoms. The molecule has 1 aliphatic rings. The topological polar surface area (TPSA) is 161 Å². The maximum Gasteiger partial charge on any atom is 0.227 e. The molecule has 11 nitrogen and oxygen atoms in total. The van der Waals surface area contributed by atoms with Gasteiger partial charge in [-0.2, -0.15) is 0 Å². The number of hydrogen-bond donors (Lipinski definition) is 6. The molecule has 308 valence electrons. The summed E-state index contributed by atoms with van der Waals surface area (Å²) in [4.78, 5) is 38.6. The third kappa shape index (κ3) is 13.0. The van der Waals surface area contributed by atoms with Crippen LogP contribution in [0.15, 0.2) is 84.0 Å². The van der Waals surface area contributed by atoms with Crippen molar-refractivity contribution in [2.75, 3.05) is 39.1 Å². The van der Waals surface area contributed by atoms with Gasteiger partial charge in [0.15, 0.2) is 0 Å². The van der Waals surface area contributed by atoms with Crippen LogP contribution in [0.5, 0.6) is 0 Å². The third-order valence-corrected chi connectivity index (χ3v) is 10.3. The van der Waals surface area contributed by atoms with E-state index in [1.807, 2.05) is 46.1 Å². The number of H-pyrrole nitrogens is 1. The average molecular weight is 779 g/mol. The van der Waals surface area contributed by atoms with Gasteiger partial charge in [-0.25, -0.2) is 10.5 Å². The van der Waals surface area contributed by atoms with Gasteiger partial charge in [-0.3, -0.25) is 20.4 Å². The van der Waals surface area contributed by atoms with Gasteiger partial charge >= 0.3 is 0 Å². The highest BCUT2D eigenvalue weighted by Gasteiger charge is 2.24. The summed E-state index contributed by atoms with van der Waals surface area (Å²) in [6.07, 6.45) is 7.01. The average Bonchev–Trinajstić information content (AvgIpc) is 3.73. The van der Waals surface area contributed by atoms with Crippen molar-refractivity contribution in [2.45, 2.75) is 91.8 Å². The lowest BCUT2D eigenvalue weighted by molar-refractivity contribution is -0.122. The number of hydrogen-bond acceptors (Lipinski definition) is 8. The fraction of sp³-hybridized carbons (Fsp3) is 0.435. The number of aliphatic imine (C=N–C) groups is 1. The van der Waals surface area contributed by atoms with Crippen LogP contribution in [-0.2, 0) is 21.0 Å². The van der Waals surface area contributed by atoms with Crippen LogP contribution in [0.2, 0.25) is 0 Å². The van der Waals surface area contributed by atoms with Crippen LogP contribution >= 0.6 is 0 Å². The summed E-state index contributed by atoms with van der Waals surface area (Å²) in [5.74, 6) is 0.131. The van der Waals surface area contributed by atoms with Gasteiger partial charge in [-0.05, 0) is 96.8 Å². The molecule has 7 N–H and O–H groups in total. The number of nitrogens with two attached hydrogens (primary N) is 1. The number of rotatable bonds is 15. The quantitative estimate of drug-likeness (QED) is 0.0236. The van der Waals surface area contributed by atoms with Crippen molar-refractivity contribution in [3.63, 3.8) is 0 Å². The molecule has 2 unspecified atom stereocenters. The maximum absolute atomic E-state index is 12.4. The number of aromatic amines is 1. The molecule has 11 heteroatoms. The van der Waals surface area contributed by atoms with Crippen molar-refractivity contribution in [1.29, 1.82) is 5.41 Å². The van der Waals surface area contributed by atoms with E-state index in [9.17, 15) is 9.59 Å². The van der Waals surface area contributed by atoms with Gasteiger partial charge in [-0.15, -0.1) is 0 Å². The van der Waals surface area contributed by atoms with Crippen LogP contribution in [0.1, 0.15) is 106 Å². The zero-order valence-electron chi connectivity index (χ0n) is 35.5. The second kappa shape index (κ2) is 23.3. The van der Waals surface area contributed by atoms with Crippen molar-refractivity contribution in [3.8, 4) is 11.1 Å². The monoisotopic (exact) mass is 779 g/mol. The van der Waals surface area contributed by atoms with Crippen LogP contribution in [0, 0.1) is 17.7 Å². The Morgan fingerprint density at radius 1 is 1.00 bits per heavy atom. The minimum absolute atomic E-state index is 0.0498. The van der Waals surface area contributed by atoms with E-state index >= 15 is 0 Å². The summed E-state index contributed by atoms with van der Waals surface area (Å²) < 4.78 is 0. The van der Waals surface area contributed by atoms with Gasteiger partial charge in [0.05, 0.1) is 17.3 Å². The highest BCUT2D eigenvalue weighted by molar-refractivity contribution is 6.14. The van der Waals surface area contributed by atoms with Crippen molar-refractivity contribution in [3.05, 3.63) is 113 Å². The molecule has 0 radical (unpaired) electrons. The molecule has 0 bridgehead atoms. The largest absolute Gasteiger partial charge is 0.371 e. The normalized spacial score (nSPS) is 14.4. The highest BCUT2D eigenvalue weighted by atomic mass is 16.7. The van der Waals surface area contributed by atoms with Crippen LogP contribution in [0.3, 0.4) is 0 Å². The van der Waals surface area contributed by atoms with Gasteiger partial charge in [-0.1, -0.05) is 83.1 Å². The van der Waals surface area contributed by atoms with Gasteiger partial charge in [0.25, 0.3) is 0 Å². The molecular formula is C46H66N8O3. The number of benzene rings is 3. The molecule has 1 saturated heterocycles. The third-order valence-electron chi connectivity index (χ3n) is 10.3. The van der Waals surface area contributed by atoms with E-state index in [0.29, 0.717) is 25.3 Å². The molecule has 1 amide bonds. The molecule has 2 atom stereocenters. The molecule has 1 aromatic heterocycles. The minimum atomic E-state index is -0.299. The number of nitrogens with one attached hydrogen (secondary N) is 5. The molecule has 3 aromatic carbocycles. The first-order valence-corrected chi connectivity index (χ1v) is 20.1. The SMILES string of the molecule is CC.CNC(=O)C(CCC=O)c1ccc(C2CCN(c3ccc(-c4c[nH]c(C(=NC=N)c5ccc(CN)c(C)c5)c4)cc3)CC2)cc1.CNOC(NC)C(C)(C)C. The highest BCUT2D eigenvalue weighted by Crippen LogP contribution is 2.33. The number of carbonyl (C=O) groups excluding carboxylic acids is 2. The molecule has 2 heterocycles. The van der Waals surface area contributed by atoms with Gasteiger partial charge in [0.1, 0.15) is 18.9 Å². The number of anilines is 1. The Bertz CT molecular complexity index is 1850. The van der Waals surface area contributed by atoms with E-state index in [1.165, 1.54) is 11.3 Å². The van der Waals surface area contributed by atoms with Crippen LogP contribution < -0.4 is 26.7 Å². The van der Waals surface area contributed by atoms with E-state index in [4.69, 9.17) is 16.0 Å². The number of aryl methyl sites for hydroxylation is 1. The van der Waals surface area contributed by atoms with E-state index in [-0.39, 0.29) is 23.5 Å². The van der Waals surface area contributed by atoms with E-state index < -0.39 is 0 Å². The predicted molar refractivity (Wildman–Crippen MR) is 236 cm³/mol. The summed E-state index contributed by atoms with van der Waals surface area (Å²) in [5, 5.41) is 13.4. The van der Waals surface area contributed by atoms with Gasteiger partial charge in [0.2, 0.25) is 5.91 Å². The van der Waals surface area contributed by atoms with Crippen molar-refractivity contribution in [1.82, 2.24) is 21.1 Å². The number of aldehydes is 1. The summed E-state index contributed by atoms with van der Waals surface area (Å²) in [6, 6.07) is 25.3. The minimum Gasteiger partial charge on any atom is -0.371 e. The molecular weight excluding hydrogens is 713 g/mol. The molecule has 57 heavy (non-hydrogen) atoms. The van der Waals surface area contributed by atoms with Crippen molar-refractivity contribution < 1.29 is 14.4 Å². The first-order chi connectivity index (χ1) is 27.5. The van der Waals surface area contributed by atoms with Gasteiger partial charge in [0, 0.05) is 63.0 Å². The second-order valence-electron chi connectivity index (χ2n) is 15.0. The smallest absolute Gasteiger partial charge is 0.227 e. The summed E-state index contributed by atoms with van der Waals surface area (Å²) in [6.45, 7) is 14.8. The summed E-state index contributed by atoms with van der Waals surface area (Å²) in [5.41, 5.74) is 19.0. The lowest BCUT2D eigenvalue weighted by Crippen LogP contribution is -2.43. The standard InChI is InChI=1S/C37H42N6O2.C7H18N2O.C2H6/c1-25-20-30(9-10-31(25)22-38)36(42-24-39)35-21-32(23-41-35)27-11-13-33(14-12-27)43-17-15-28(16-18-43)26-5-7-29(8-6-26)34(4-3-19-44)37(45)40-2;1-7(2,3)6(8-4)10-9-5;1-2/h5-14,19-21,23-24,28,34,39,41H,3-4,15-18,22,38H2,1-2H3,(H,40,45);6,8-9H,1-5H3;1-2H3. The summed E-state index contributed by atoms with van der Waals surface area (Å²) in [7, 11) is 5.28. The fourth-order valence-corrected chi connectivity index (χ4v) is 7.11.